The van der Waals surface area contributed by atoms with Crippen LogP contribution in [0.15, 0.2) is 18.3 Å². The average molecular weight is 235 g/mol. The predicted octanol–water partition coefficient (Wildman–Crippen LogP) is 1.72. The molecule has 1 saturated heterocycles. The van der Waals surface area contributed by atoms with Gasteiger partial charge in [-0.1, -0.05) is 6.07 Å². The number of rotatable bonds is 3. The van der Waals surface area contributed by atoms with E-state index >= 15 is 0 Å². The van der Waals surface area contributed by atoms with E-state index in [1.165, 1.54) is 0 Å². The first-order valence-electron chi connectivity index (χ1n) is 6.20. The molecule has 0 bridgehead atoms. The minimum Gasteiger partial charge on any atom is -0.380 e. The molecular weight excluding hydrogens is 214 g/mol. The van der Waals surface area contributed by atoms with Crippen molar-refractivity contribution >= 4 is 5.82 Å². The number of ether oxygens (including phenoxy) is 1. The zero-order chi connectivity index (χ0) is 12.3. The highest BCUT2D eigenvalue weighted by Crippen LogP contribution is 2.20. The summed E-state index contributed by atoms with van der Waals surface area (Å²) in [6, 6.07) is 4.16. The molecule has 4 nitrogen and oxygen atoms in total. The van der Waals surface area contributed by atoms with Crippen molar-refractivity contribution in [3.05, 3.63) is 23.9 Å². The summed E-state index contributed by atoms with van der Waals surface area (Å²) in [5.41, 5.74) is 6.89. The van der Waals surface area contributed by atoms with E-state index < -0.39 is 0 Å². The Bertz CT molecular complexity index is 350. The molecule has 1 aromatic rings. The van der Waals surface area contributed by atoms with Gasteiger partial charge in [0.1, 0.15) is 5.82 Å². The van der Waals surface area contributed by atoms with E-state index in [1.54, 1.807) is 7.11 Å². The van der Waals surface area contributed by atoms with Crippen molar-refractivity contribution in [2.24, 2.45) is 5.73 Å². The standard InChI is InChI=1S/C13H21N3O/c1-10(14)11-5-6-13(15-8-11)16-7-3-4-12(9-16)17-2/h5-6,8,10,12H,3-4,7,9,14H2,1-2H3/t10-,12?/m1/s1. The number of anilines is 1. The third-order valence-corrected chi connectivity index (χ3v) is 3.33. The Morgan fingerprint density at radius 2 is 2.35 bits per heavy atom. The van der Waals surface area contributed by atoms with Crippen LogP contribution in [0.2, 0.25) is 0 Å². The smallest absolute Gasteiger partial charge is 0.128 e. The van der Waals surface area contributed by atoms with E-state index in [0.717, 1.165) is 37.3 Å². The molecule has 1 aromatic heterocycles. The molecule has 2 atom stereocenters. The summed E-state index contributed by atoms with van der Waals surface area (Å²) in [6.45, 7) is 3.96. The molecule has 0 saturated carbocycles. The molecule has 1 aliphatic rings. The molecule has 17 heavy (non-hydrogen) atoms. The van der Waals surface area contributed by atoms with Crippen LogP contribution in [-0.4, -0.2) is 31.3 Å². The van der Waals surface area contributed by atoms with Crippen LogP contribution in [0.1, 0.15) is 31.4 Å². The van der Waals surface area contributed by atoms with Crippen LogP contribution in [0.3, 0.4) is 0 Å². The molecule has 0 radical (unpaired) electrons. The van der Waals surface area contributed by atoms with Crippen molar-refractivity contribution < 1.29 is 4.74 Å². The Morgan fingerprint density at radius 1 is 1.53 bits per heavy atom. The number of methoxy groups -OCH3 is 1. The molecule has 2 heterocycles. The average Bonchev–Trinajstić information content (AvgIpc) is 2.39. The van der Waals surface area contributed by atoms with Crippen molar-refractivity contribution in [3.63, 3.8) is 0 Å². The van der Waals surface area contributed by atoms with Gasteiger partial charge < -0.3 is 15.4 Å². The van der Waals surface area contributed by atoms with Gasteiger partial charge in [-0.15, -0.1) is 0 Å². The number of aromatic nitrogens is 1. The molecule has 2 rings (SSSR count). The molecule has 4 heteroatoms. The van der Waals surface area contributed by atoms with Crippen LogP contribution in [0, 0.1) is 0 Å². The Kier molecular flexibility index (Phi) is 3.97. The van der Waals surface area contributed by atoms with E-state index in [1.807, 2.05) is 13.1 Å². The van der Waals surface area contributed by atoms with Gasteiger partial charge in [0.15, 0.2) is 0 Å². The lowest BCUT2D eigenvalue weighted by Gasteiger charge is -2.32. The van der Waals surface area contributed by atoms with Crippen LogP contribution in [0.5, 0.6) is 0 Å². The lowest BCUT2D eigenvalue weighted by molar-refractivity contribution is 0.0891. The second kappa shape index (κ2) is 5.47. The normalized spacial score (nSPS) is 22.5. The van der Waals surface area contributed by atoms with Gasteiger partial charge in [-0.05, 0) is 31.4 Å². The van der Waals surface area contributed by atoms with Gasteiger partial charge >= 0.3 is 0 Å². The first kappa shape index (κ1) is 12.3. The van der Waals surface area contributed by atoms with Crippen LogP contribution >= 0.6 is 0 Å². The van der Waals surface area contributed by atoms with Crippen molar-refractivity contribution in [1.82, 2.24) is 4.98 Å². The number of hydrogen-bond acceptors (Lipinski definition) is 4. The highest BCUT2D eigenvalue weighted by molar-refractivity contribution is 5.40. The number of hydrogen-bond donors (Lipinski definition) is 1. The van der Waals surface area contributed by atoms with Gasteiger partial charge in [-0.25, -0.2) is 4.98 Å². The fourth-order valence-electron chi connectivity index (χ4n) is 2.19. The molecule has 2 N–H and O–H groups in total. The van der Waals surface area contributed by atoms with Crippen molar-refractivity contribution in [2.45, 2.75) is 31.9 Å². The zero-order valence-corrected chi connectivity index (χ0v) is 10.6. The minimum absolute atomic E-state index is 0.0460. The first-order chi connectivity index (χ1) is 8.20. The third-order valence-electron chi connectivity index (χ3n) is 3.33. The monoisotopic (exact) mass is 235 g/mol. The second-order valence-electron chi connectivity index (χ2n) is 4.68. The van der Waals surface area contributed by atoms with Gasteiger partial charge in [0, 0.05) is 32.4 Å². The van der Waals surface area contributed by atoms with Crippen LogP contribution in [0.25, 0.3) is 0 Å². The Hall–Kier alpha value is -1.13. The third kappa shape index (κ3) is 2.96. The molecule has 0 amide bonds. The van der Waals surface area contributed by atoms with Crippen LogP contribution < -0.4 is 10.6 Å². The van der Waals surface area contributed by atoms with E-state index in [-0.39, 0.29) is 6.04 Å². The molecule has 0 aliphatic carbocycles. The molecule has 1 fully saturated rings. The summed E-state index contributed by atoms with van der Waals surface area (Å²) < 4.78 is 5.42. The first-order valence-corrected chi connectivity index (χ1v) is 6.20. The zero-order valence-electron chi connectivity index (χ0n) is 10.6. The van der Waals surface area contributed by atoms with Crippen molar-refractivity contribution in [3.8, 4) is 0 Å². The maximum atomic E-state index is 5.81. The van der Waals surface area contributed by atoms with Crippen LogP contribution in [-0.2, 0) is 4.74 Å². The Labute approximate surface area is 103 Å². The minimum atomic E-state index is 0.0460. The maximum absolute atomic E-state index is 5.81. The number of piperidine rings is 1. The number of nitrogens with zero attached hydrogens (tertiary/aromatic N) is 2. The highest BCUT2D eigenvalue weighted by atomic mass is 16.5. The Balaban J connectivity index is 2.06. The summed E-state index contributed by atoms with van der Waals surface area (Å²) in [6.07, 6.45) is 4.51. The largest absolute Gasteiger partial charge is 0.380 e. The van der Waals surface area contributed by atoms with Gasteiger partial charge in [-0.3, -0.25) is 0 Å². The lowest BCUT2D eigenvalue weighted by Crippen LogP contribution is -2.39. The maximum Gasteiger partial charge on any atom is 0.128 e. The predicted molar refractivity (Wildman–Crippen MR) is 69.1 cm³/mol. The second-order valence-corrected chi connectivity index (χ2v) is 4.68. The Morgan fingerprint density at radius 3 is 2.94 bits per heavy atom. The summed E-state index contributed by atoms with van der Waals surface area (Å²) in [7, 11) is 1.78. The van der Waals surface area contributed by atoms with Gasteiger partial charge in [0.2, 0.25) is 0 Å². The molecule has 0 aromatic carbocycles. The van der Waals surface area contributed by atoms with E-state index in [2.05, 4.69) is 22.0 Å². The molecular formula is C13H21N3O. The van der Waals surface area contributed by atoms with Gasteiger partial charge in [-0.2, -0.15) is 0 Å². The lowest BCUT2D eigenvalue weighted by atomic mass is 10.1. The quantitative estimate of drug-likeness (QED) is 0.866. The van der Waals surface area contributed by atoms with Gasteiger partial charge in [0.25, 0.3) is 0 Å². The highest BCUT2D eigenvalue weighted by Gasteiger charge is 2.20. The molecule has 94 valence electrons. The van der Waals surface area contributed by atoms with E-state index in [0.29, 0.717) is 6.10 Å². The van der Waals surface area contributed by atoms with E-state index in [4.69, 9.17) is 10.5 Å². The summed E-state index contributed by atoms with van der Waals surface area (Å²) >= 11 is 0. The number of nitrogens with two attached hydrogens (primary N) is 1. The topological polar surface area (TPSA) is 51.4 Å². The molecule has 1 unspecified atom stereocenters. The summed E-state index contributed by atoms with van der Waals surface area (Å²) in [4.78, 5) is 6.76. The number of pyridine rings is 1. The molecule has 1 aliphatic heterocycles. The van der Waals surface area contributed by atoms with Crippen molar-refractivity contribution in [2.75, 3.05) is 25.1 Å². The SMILES string of the molecule is COC1CCCN(c2ccc([C@@H](C)N)cn2)C1. The fourth-order valence-corrected chi connectivity index (χ4v) is 2.19. The van der Waals surface area contributed by atoms with Gasteiger partial charge in [0.05, 0.1) is 6.10 Å². The summed E-state index contributed by atoms with van der Waals surface area (Å²) in [5.74, 6) is 1.02. The van der Waals surface area contributed by atoms with Crippen molar-refractivity contribution in [1.29, 1.82) is 0 Å². The van der Waals surface area contributed by atoms with Crippen LogP contribution in [0.4, 0.5) is 5.82 Å². The summed E-state index contributed by atoms with van der Waals surface area (Å²) in [5, 5.41) is 0. The fraction of sp³-hybridized carbons (Fsp3) is 0.615. The molecule has 0 spiro atoms. The van der Waals surface area contributed by atoms with E-state index in [9.17, 15) is 0 Å².